The summed E-state index contributed by atoms with van der Waals surface area (Å²) in [6, 6.07) is 14.5. The molecule has 0 amide bonds. The fourth-order valence-corrected chi connectivity index (χ4v) is 8.65. The highest BCUT2D eigenvalue weighted by Gasteiger charge is 2.58. The van der Waals surface area contributed by atoms with Crippen LogP contribution in [0.4, 0.5) is 0 Å². The van der Waals surface area contributed by atoms with Crippen molar-refractivity contribution in [3.05, 3.63) is 74.1 Å². The van der Waals surface area contributed by atoms with Crippen molar-refractivity contribution >= 4 is 28.6 Å². The minimum absolute atomic E-state index is 0. The molecule has 0 spiro atoms. The Morgan fingerprint density at radius 3 is 2.54 bits per heavy atom. The first kappa shape index (κ1) is 26.9. The van der Waals surface area contributed by atoms with Gasteiger partial charge in [-0.15, -0.1) is 22.7 Å². The number of aliphatic hydroxyl groups is 1. The molecule has 0 saturated heterocycles. The molecule has 5 nitrogen and oxygen atoms in total. The molecule has 1 aromatic carbocycles. The van der Waals surface area contributed by atoms with Gasteiger partial charge < -0.3 is 36.0 Å². The summed E-state index contributed by atoms with van der Waals surface area (Å²) in [5.41, 5.74) is 0.965. The standard InChI is InChI=1S/C29H34NO4S2.BrH/c1-30(2,13-11-19-7-10-23-20(17-19)12-14-33-23)27-21-8-9-22(27)24(18-21)34-28(31)29(32,25-5-3-15-35-25)26-6-4-16-36-26;/h3-7,10,15-17,21-22,24,27,32H,8-9,11-14,18H2,1-2H3;1H/q+1;/p-1/t21?,22-,24-,27?;/m1./s1. The Balaban J connectivity index is 0.00000280. The maximum atomic E-state index is 13.6. The van der Waals surface area contributed by atoms with Gasteiger partial charge in [-0.1, -0.05) is 24.3 Å². The van der Waals surface area contributed by atoms with Gasteiger partial charge in [0.1, 0.15) is 11.9 Å². The highest BCUT2D eigenvalue weighted by molar-refractivity contribution is 7.12. The zero-order valence-electron chi connectivity index (χ0n) is 21.3. The van der Waals surface area contributed by atoms with Gasteiger partial charge in [0.2, 0.25) is 5.60 Å². The number of benzene rings is 1. The van der Waals surface area contributed by atoms with Crippen LogP contribution in [0.2, 0.25) is 0 Å². The van der Waals surface area contributed by atoms with Gasteiger partial charge in [-0.25, -0.2) is 4.79 Å². The lowest BCUT2D eigenvalue weighted by atomic mass is 9.96. The second kappa shape index (κ2) is 10.5. The fraction of sp³-hybridized carbons (Fsp3) is 0.483. The maximum absolute atomic E-state index is 13.6. The smallest absolute Gasteiger partial charge is 0.349 e. The average Bonchev–Trinajstić information content (AvgIpc) is 3.70. The topological polar surface area (TPSA) is 55.8 Å². The fourth-order valence-electron chi connectivity index (χ4n) is 6.93. The number of likely N-dealkylation sites (N-methyl/N-ethyl adjacent to an activating group) is 1. The number of hydrogen-bond donors (Lipinski definition) is 1. The molecule has 3 aromatic rings. The molecule has 2 bridgehead atoms. The molecule has 2 fully saturated rings. The Labute approximate surface area is 237 Å². The van der Waals surface area contributed by atoms with Crippen LogP contribution in [-0.4, -0.2) is 55.0 Å². The van der Waals surface area contributed by atoms with Crippen LogP contribution >= 0.6 is 22.7 Å². The Hall–Kier alpha value is -1.71. The Morgan fingerprint density at radius 2 is 1.86 bits per heavy atom. The summed E-state index contributed by atoms with van der Waals surface area (Å²) < 4.78 is 12.8. The third-order valence-corrected chi connectivity index (χ3v) is 10.6. The molecule has 1 aliphatic heterocycles. The number of halogens is 1. The zero-order valence-corrected chi connectivity index (χ0v) is 24.5. The van der Waals surface area contributed by atoms with E-state index in [0.29, 0.717) is 27.6 Å². The molecule has 37 heavy (non-hydrogen) atoms. The monoisotopic (exact) mass is 603 g/mol. The molecule has 2 unspecified atom stereocenters. The van der Waals surface area contributed by atoms with Crippen molar-refractivity contribution in [3.63, 3.8) is 0 Å². The zero-order chi connectivity index (χ0) is 24.9. The van der Waals surface area contributed by atoms with Gasteiger partial charge in [-0.05, 0) is 59.3 Å². The second-order valence-corrected chi connectivity index (χ2v) is 13.0. The van der Waals surface area contributed by atoms with Gasteiger partial charge >= 0.3 is 5.97 Å². The van der Waals surface area contributed by atoms with Gasteiger partial charge in [0.05, 0.1) is 43.0 Å². The summed E-state index contributed by atoms with van der Waals surface area (Å²) >= 11 is 2.78. The summed E-state index contributed by atoms with van der Waals surface area (Å²) in [5.74, 6) is 1.39. The van der Waals surface area contributed by atoms with E-state index in [4.69, 9.17) is 9.47 Å². The molecule has 198 valence electrons. The molecular weight excluding hydrogens is 570 g/mol. The van der Waals surface area contributed by atoms with Crippen molar-refractivity contribution in [2.24, 2.45) is 11.8 Å². The third-order valence-electron chi connectivity index (χ3n) is 8.65. The number of hydrogen-bond acceptors (Lipinski definition) is 6. The number of quaternary nitrogens is 1. The lowest BCUT2D eigenvalue weighted by molar-refractivity contribution is -0.919. The average molecular weight is 605 g/mol. The van der Waals surface area contributed by atoms with Crippen LogP contribution in [0.15, 0.2) is 53.2 Å². The minimum atomic E-state index is -1.73. The number of carbonyl (C=O) groups excluding carboxylic acids is 1. The van der Waals surface area contributed by atoms with E-state index in [1.165, 1.54) is 40.2 Å². The largest absolute Gasteiger partial charge is 1.00 e. The minimum Gasteiger partial charge on any atom is -1.00 e. The Kier molecular flexibility index (Phi) is 7.59. The van der Waals surface area contributed by atoms with Crippen LogP contribution < -0.4 is 21.7 Å². The first-order valence-electron chi connectivity index (χ1n) is 12.9. The molecular formula is C29H34BrNO4S2. The van der Waals surface area contributed by atoms with E-state index in [1.807, 2.05) is 35.0 Å². The van der Waals surface area contributed by atoms with E-state index < -0.39 is 11.6 Å². The molecule has 3 heterocycles. The van der Waals surface area contributed by atoms with Crippen LogP contribution in [0.5, 0.6) is 5.75 Å². The van der Waals surface area contributed by atoms with Crippen LogP contribution in [0.25, 0.3) is 0 Å². The normalized spacial score (nSPS) is 24.4. The number of rotatable bonds is 8. The number of esters is 1. The van der Waals surface area contributed by atoms with Crippen molar-refractivity contribution < 1.29 is 40.8 Å². The van der Waals surface area contributed by atoms with Gasteiger partial charge in [0.25, 0.3) is 0 Å². The van der Waals surface area contributed by atoms with E-state index in [-0.39, 0.29) is 23.1 Å². The third kappa shape index (κ3) is 4.80. The van der Waals surface area contributed by atoms with Gasteiger partial charge in [-0.3, -0.25) is 0 Å². The Bertz CT molecular complexity index is 1190. The van der Waals surface area contributed by atoms with Crippen LogP contribution in [0.3, 0.4) is 0 Å². The summed E-state index contributed by atoms with van der Waals surface area (Å²) in [5, 5.41) is 15.5. The molecule has 4 atom stereocenters. The van der Waals surface area contributed by atoms with Crippen molar-refractivity contribution in [2.45, 2.75) is 49.9 Å². The van der Waals surface area contributed by atoms with Gasteiger partial charge in [0.15, 0.2) is 0 Å². The first-order valence-corrected chi connectivity index (χ1v) is 14.7. The quantitative estimate of drug-likeness (QED) is 0.316. The first-order chi connectivity index (χ1) is 17.4. The molecule has 0 radical (unpaired) electrons. The highest BCUT2D eigenvalue weighted by atomic mass is 79.9. The number of fused-ring (bicyclic) bond motifs is 3. The summed E-state index contributed by atoms with van der Waals surface area (Å²) in [7, 11) is 4.68. The molecule has 2 aliphatic carbocycles. The molecule has 8 heteroatoms. The lowest BCUT2D eigenvalue weighted by Crippen LogP contribution is -3.00. The van der Waals surface area contributed by atoms with Crippen LogP contribution in [-0.2, 0) is 28.0 Å². The van der Waals surface area contributed by atoms with Crippen molar-refractivity contribution in [1.29, 1.82) is 0 Å². The maximum Gasteiger partial charge on any atom is 0.349 e. The SMILES string of the molecule is C[N+](C)(CCc1ccc2c(c1)CCO2)C1C2CC[C@@H]1[C@H](OC(=O)C(O)(c1cccs1)c1cccs1)C2.[Br-]. The molecule has 2 saturated carbocycles. The van der Waals surface area contributed by atoms with E-state index >= 15 is 0 Å². The molecule has 2 aromatic heterocycles. The van der Waals surface area contributed by atoms with E-state index in [1.54, 1.807) is 0 Å². The number of nitrogens with zero attached hydrogens (tertiary/aromatic N) is 1. The van der Waals surface area contributed by atoms with Crippen LogP contribution in [0, 0.1) is 11.8 Å². The summed E-state index contributed by atoms with van der Waals surface area (Å²) in [4.78, 5) is 14.8. The number of carbonyl (C=O) groups is 1. The van der Waals surface area contributed by atoms with Gasteiger partial charge in [-0.2, -0.15) is 0 Å². The van der Waals surface area contributed by atoms with E-state index in [2.05, 4.69) is 32.3 Å². The highest BCUT2D eigenvalue weighted by Crippen LogP contribution is 2.51. The molecule has 1 N–H and O–H groups in total. The number of thiophene rings is 2. The lowest BCUT2D eigenvalue weighted by Gasteiger charge is -2.39. The van der Waals surface area contributed by atoms with Crippen molar-refractivity contribution in [1.82, 2.24) is 0 Å². The molecule has 3 aliphatic rings. The molecule has 6 rings (SSSR count). The van der Waals surface area contributed by atoms with Crippen molar-refractivity contribution in [3.8, 4) is 5.75 Å². The number of ether oxygens (including phenoxy) is 2. The summed E-state index contributed by atoms with van der Waals surface area (Å²) in [6.45, 7) is 1.84. The van der Waals surface area contributed by atoms with Crippen molar-refractivity contribution in [2.75, 3.05) is 27.2 Å². The summed E-state index contributed by atoms with van der Waals surface area (Å²) in [6.07, 6.45) is 5.07. The predicted octanol–water partition coefficient (Wildman–Crippen LogP) is 2.01. The Morgan fingerprint density at radius 1 is 1.14 bits per heavy atom. The van der Waals surface area contributed by atoms with Crippen LogP contribution in [0.1, 0.15) is 40.1 Å². The predicted molar refractivity (Wildman–Crippen MR) is 142 cm³/mol. The van der Waals surface area contributed by atoms with Gasteiger partial charge in [0, 0.05) is 24.7 Å². The second-order valence-electron chi connectivity index (χ2n) is 11.1. The van der Waals surface area contributed by atoms with E-state index in [0.717, 1.165) is 49.1 Å². The van der Waals surface area contributed by atoms with E-state index in [9.17, 15) is 9.90 Å².